The Labute approximate surface area is 128 Å². The van der Waals surface area contributed by atoms with E-state index in [-0.39, 0.29) is 5.57 Å². The summed E-state index contributed by atoms with van der Waals surface area (Å²) >= 11 is 0. The van der Waals surface area contributed by atoms with Crippen molar-refractivity contribution in [2.24, 2.45) is 0 Å². The fourth-order valence-corrected chi connectivity index (χ4v) is 1.77. The normalized spacial score (nSPS) is 10.6. The Morgan fingerprint density at radius 2 is 2.05 bits per heavy atom. The molecule has 0 aliphatic heterocycles. The Balaban J connectivity index is 2.22. The summed E-state index contributed by atoms with van der Waals surface area (Å²) < 4.78 is 10.3. The van der Waals surface area contributed by atoms with Crippen molar-refractivity contribution in [2.45, 2.75) is 6.61 Å². The third-order valence-electron chi connectivity index (χ3n) is 2.85. The van der Waals surface area contributed by atoms with Crippen LogP contribution < -0.4 is 4.74 Å². The van der Waals surface area contributed by atoms with E-state index >= 15 is 0 Å². The third-order valence-corrected chi connectivity index (χ3v) is 2.85. The number of aromatic nitrogens is 1. The summed E-state index contributed by atoms with van der Waals surface area (Å²) in [6, 6.07) is 14.5. The highest BCUT2D eigenvalue weighted by Crippen LogP contribution is 2.22. The number of nitriles is 1. The number of hydrogen-bond donors (Lipinski definition) is 0. The van der Waals surface area contributed by atoms with Crippen molar-refractivity contribution in [2.75, 3.05) is 7.11 Å². The van der Waals surface area contributed by atoms with E-state index in [1.165, 1.54) is 13.2 Å². The monoisotopic (exact) mass is 294 g/mol. The van der Waals surface area contributed by atoms with E-state index in [1.54, 1.807) is 24.4 Å². The van der Waals surface area contributed by atoms with Crippen LogP contribution >= 0.6 is 0 Å². The van der Waals surface area contributed by atoms with Crippen LogP contribution in [0.3, 0.4) is 0 Å². The molecule has 5 nitrogen and oxygen atoms in total. The number of pyridine rings is 1. The first kappa shape index (κ1) is 15.3. The molecule has 0 aliphatic carbocycles. The van der Waals surface area contributed by atoms with E-state index in [1.807, 2.05) is 30.3 Å². The van der Waals surface area contributed by atoms with Gasteiger partial charge in [0.2, 0.25) is 0 Å². The third kappa shape index (κ3) is 3.93. The fourth-order valence-electron chi connectivity index (χ4n) is 1.77. The molecule has 2 aromatic rings. The van der Waals surface area contributed by atoms with E-state index in [0.717, 1.165) is 5.69 Å². The number of esters is 1. The zero-order valence-corrected chi connectivity index (χ0v) is 12.0. The van der Waals surface area contributed by atoms with Crippen LogP contribution in [0.4, 0.5) is 0 Å². The molecule has 1 aromatic carbocycles. The molecule has 1 heterocycles. The maximum atomic E-state index is 11.5. The number of hydrogen-bond acceptors (Lipinski definition) is 5. The van der Waals surface area contributed by atoms with Crippen molar-refractivity contribution in [3.63, 3.8) is 0 Å². The van der Waals surface area contributed by atoms with Crippen molar-refractivity contribution in [3.8, 4) is 11.8 Å². The fraction of sp³-hybridized carbons (Fsp3) is 0.118. The molecule has 0 fully saturated rings. The topological polar surface area (TPSA) is 72.2 Å². The van der Waals surface area contributed by atoms with Crippen molar-refractivity contribution < 1.29 is 14.3 Å². The van der Waals surface area contributed by atoms with E-state index in [0.29, 0.717) is 17.9 Å². The van der Waals surface area contributed by atoms with Gasteiger partial charge in [0, 0.05) is 11.8 Å². The molecular formula is C17H14N2O3. The van der Waals surface area contributed by atoms with Crippen LogP contribution in [-0.4, -0.2) is 18.1 Å². The van der Waals surface area contributed by atoms with E-state index in [9.17, 15) is 4.79 Å². The standard InChI is InChI=1S/C17H14N2O3/c1-21-17(20)14(11-18)10-13-6-2-3-8-16(13)22-12-15-7-4-5-9-19-15/h2-10H,12H2,1H3/b14-10+. The molecule has 0 saturated carbocycles. The van der Waals surface area contributed by atoms with Crippen LogP contribution in [0.1, 0.15) is 11.3 Å². The van der Waals surface area contributed by atoms with Gasteiger partial charge in [0.05, 0.1) is 12.8 Å². The molecule has 0 unspecified atom stereocenters. The van der Waals surface area contributed by atoms with Crippen molar-refractivity contribution in [1.29, 1.82) is 5.26 Å². The molecule has 0 spiro atoms. The molecule has 0 saturated heterocycles. The lowest BCUT2D eigenvalue weighted by Crippen LogP contribution is -2.03. The molecule has 1 aromatic heterocycles. The lowest BCUT2D eigenvalue weighted by molar-refractivity contribution is -0.135. The maximum Gasteiger partial charge on any atom is 0.348 e. The molecular weight excluding hydrogens is 280 g/mol. The SMILES string of the molecule is COC(=O)/C(C#N)=C/c1ccccc1OCc1ccccn1. The van der Waals surface area contributed by atoms with Gasteiger partial charge in [-0.3, -0.25) is 4.98 Å². The highest BCUT2D eigenvalue weighted by atomic mass is 16.5. The Kier molecular flexibility index (Phi) is 5.27. The number of rotatable bonds is 5. The number of benzene rings is 1. The first-order valence-corrected chi connectivity index (χ1v) is 6.56. The summed E-state index contributed by atoms with van der Waals surface area (Å²) in [6.07, 6.45) is 3.13. The molecule has 0 radical (unpaired) electrons. The number of para-hydroxylation sites is 1. The van der Waals surface area contributed by atoms with E-state index in [4.69, 9.17) is 10.00 Å². The first-order valence-electron chi connectivity index (χ1n) is 6.56. The number of carbonyl (C=O) groups is 1. The van der Waals surface area contributed by atoms with E-state index < -0.39 is 5.97 Å². The summed E-state index contributed by atoms with van der Waals surface area (Å²) in [5.41, 5.74) is 1.33. The lowest BCUT2D eigenvalue weighted by atomic mass is 10.1. The van der Waals surface area contributed by atoms with Crippen LogP contribution in [0.15, 0.2) is 54.2 Å². The van der Waals surface area contributed by atoms with Gasteiger partial charge in [0.1, 0.15) is 24.0 Å². The summed E-state index contributed by atoms with van der Waals surface area (Å²) in [6.45, 7) is 0.297. The van der Waals surface area contributed by atoms with Gasteiger partial charge in [-0.2, -0.15) is 5.26 Å². The van der Waals surface area contributed by atoms with Crippen LogP contribution in [0, 0.1) is 11.3 Å². The van der Waals surface area contributed by atoms with Crippen molar-refractivity contribution in [1.82, 2.24) is 4.98 Å². The molecule has 110 valence electrons. The molecule has 0 N–H and O–H groups in total. The minimum absolute atomic E-state index is 0.0867. The van der Waals surface area contributed by atoms with Crippen LogP contribution in [0.2, 0.25) is 0 Å². The van der Waals surface area contributed by atoms with Gasteiger partial charge in [-0.15, -0.1) is 0 Å². The Hall–Kier alpha value is -3.13. The largest absolute Gasteiger partial charge is 0.487 e. The minimum atomic E-state index is -0.679. The molecule has 0 aliphatic rings. The predicted octanol–water partition coefficient (Wildman–Crippen LogP) is 2.74. The van der Waals surface area contributed by atoms with E-state index in [2.05, 4.69) is 9.72 Å². The smallest absolute Gasteiger partial charge is 0.348 e. The number of methoxy groups -OCH3 is 1. The molecule has 5 heteroatoms. The number of ether oxygens (including phenoxy) is 2. The zero-order chi connectivity index (χ0) is 15.8. The quantitative estimate of drug-likeness (QED) is 0.481. The zero-order valence-electron chi connectivity index (χ0n) is 12.0. The Morgan fingerprint density at radius 1 is 1.27 bits per heavy atom. The van der Waals surface area contributed by atoms with Gasteiger partial charge in [0.25, 0.3) is 0 Å². The second kappa shape index (κ2) is 7.60. The maximum absolute atomic E-state index is 11.5. The molecule has 22 heavy (non-hydrogen) atoms. The highest BCUT2D eigenvalue weighted by Gasteiger charge is 2.10. The van der Waals surface area contributed by atoms with Crippen LogP contribution in [-0.2, 0) is 16.1 Å². The van der Waals surface area contributed by atoms with Gasteiger partial charge in [-0.05, 0) is 24.3 Å². The summed E-state index contributed by atoms with van der Waals surface area (Å²) in [5.74, 6) is -0.119. The second-order valence-corrected chi connectivity index (χ2v) is 4.31. The molecule has 2 rings (SSSR count). The molecule has 0 bridgehead atoms. The highest BCUT2D eigenvalue weighted by molar-refractivity contribution is 5.98. The van der Waals surface area contributed by atoms with Gasteiger partial charge in [0.15, 0.2) is 0 Å². The van der Waals surface area contributed by atoms with Crippen molar-refractivity contribution in [3.05, 3.63) is 65.5 Å². The summed E-state index contributed by atoms with van der Waals surface area (Å²) in [5, 5.41) is 9.02. The molecule has 0 atom stereocenters. The predicted molar refractivity (Wildman–Crippen MR) is 80.6 cm³/mol. The minimum Gasteiger partial charge on any atom is -0.487 e. The first-order chi connectivity index (χ1) is 10.7. The molecule has 0 amide bonds. The second-order valence-electron chi connectivity index (χ2n) is 4.31. The number of carbonyl (C=O) groups excluding carboxylic acids is 1. The van der Waals surface area contributed by atoms with Gasteiger partial charge >= 0.3 is 5.97 Å². The number of nitrogens with zero attached hydrogens (tertiary/aromatic N) is 2. The van der Waals surface area contributed by atoms with Gasteiger partial charge in [-0.25, -0.2) is 4.79 Å². The Bertz CT molecular complexity index is 718. The van der Waals surface area contributed by atoms with Crippen LogP contribution in [0.5, 0.6) is 5.75 Å². The van der Waals surface area contributed by atoms with Gasteiger partial charge < -0.3 is 9.47 Å². The van der Waals surface area contributed by atoms with Crippen LogP contribution in [0.25, 0.3) is 6.08 Å². The average molecular weight is 294 g/mol. The average Bonchev–Trinajstić information content (AvgIpc) is 2.59. The summed E-state index contributed by atoms with van der Waals surface area (Å²) in [4.78, 5) is 15.6. The lowest BCUT2D eigenvalue weighted by Gasteiger charge is -2.09. The Morgan fingerprint density at radius 3 is 2.73 bits per heavy atom. The van der Waals surface area contributed by atoms with Crippen molar-refractivity contribution >= 4 is 12.0 Å². The summed E-state index contributed by atoms with van der Waals surface area (Å²) in [7, 11) is 1.23. The van der Waals surface area contributed by atoms with Gasteiger partial charge in [-0.1, -0.05) is 24.3 Å².